The predicted molar refractivity (Wildman–Crippen MR) is 103 cm³/mol. The van der Waals surface area contributed by atoms with Crippen LogP contribution in [0.15, 0.2) is 34.0 Å². The number of thioether (sulfide) groups is 1. The van der Waals surface area contributed by atoms with E-state index in [1.807, 2.05) is 18.4 Å². The van der Waals surface area contributed by atoms with Crippen LogP contribution in [-0.4, -0.2) is 32.7 Å². The third-order valence-corrected chi connectivity index (χ3v) is 5.47. The van der Waals surface area contributed by atoms with Crippen molar-refractivity contribution in [2.24, 2.45) is 0 Å². The highest BCUT2D eigenvalue weighted by Gasteiger charge is 2.28. The largest absolute Gasteiger partial charge is 0.493 e. The minimum atomic E-state index is -0.728. The molecule has 26 heavy (non-hydrogen) atoms. The molecule has 3 rings (SSSR count). The lowest BCUT2D eigenvalue weighted by Gasteiger charge is -2.19. The lowest BCUT2D eigenvalue weighted by molar-refractivity contribution is 0.169. The van der Waals surface area contributed by atoms with Gasteiger partial charge in [0.1, 0.15) is 0 Å². The van der Waals surface area contributed by atoms with E-state index >= 15 is 0 Å². The van der Waals surface area contributed by atoms with Gasteiger partial charge in [0, 0.05) is 5.56 Å². The molecule has 1 N–H and O–H groups in total. The van der Waals surface area contributed by atoms with Crippen LogP contribution in [0, 0.1) is 0 Å². The van der Waals surface area contributed by atoms with Gasteiger partial charge in [0.05, 0.1) is 32.3 Å². The first kappa shape index (κ1) is 18.6. The average molecular weight is 374 g/mol. The van der Waals surface area contributed by atoms with Crippen molar-refractivity contribution in [3.8, 4) is 28.4 Å². The molecule has 0 aromatic heterocycles. The highest BCUT2D eigenvalue weighted by molar-refractivity contribution is 7.98. The van der Waals surface area contributed by atoms with E-state index in [1.54, 1.807) is 27.4 Å². The number of rotatable bonds is 4. The maximum absolute atomic E-state index is 12.5. The summed E-state index contributed by atoms with van der Waals surface area (Å²) in [6.07, 6.45) is 2.28. The van der Waals surface area contributed by atoms with Crippen LogP contribution in [0.1, 0.15) is 23.7 Å². The Labute approximate surface area is 156 Å². The summed E-state index contributed by atoms with van der Waals surface area (Å²) in [5, 5.41) is 10.7. The van der Waals surface area contributed by atoms with E-state index in [9.17, 15) is 9.90 Å². The normalized spacial score (nSPS) is 15.5. The van der Waals surface area contributed by atoms with Gasteiger partial charge in [-0.3, -0.25) is 4.79 Å². The molecule has 2 aromatic carbocycles. The Morgan fingerprint density at radius 3 is 2.42 bits per heavy atom. The number of hydrogen-bond donors (Lipinski definition) is 1. The number of methoxy groups -OCH3 is 3. The monoisotopic (exact) mass is 374 g/mol. The zero-order valence-electron chi connectivity index (χ0n) is 15.3. The third kappa shape index (κ3) is 3.04. The molecule has 0 radical (unpaired) electrons. The van der Waals surface area contributed by atoms with E-state index in [2.05, 4.69) is 0 Å². The Morgan fingerprint density at radius 1 is 1.08 bits per heavy atom. The summed E-state index contributed by atoms with van der Waals surface area (Å²) >= 11 is 1.39. The molecule has 0 amide bonds. The smallest absolute Gasteiger partial charge is 0.203 e. The number of hydrogen-bond acceptors (Lipinski definition) is 6. The number of aliphatic hydroxyl groups is 1. The molecule has 1 aliphatic rings. The first-order valence-electron chi connectivity index (χ1n) is 8.28. The number of fused-ring (bicyclic) bond motifs is 3. The number of ether oxygens (including phenoxy) is 3. The molecule has 0 spiro atoms. The lowest BCUT2D eigenvalue weighted by atomic mass is 9.96. The Morgan fingerprint density at radius 2 is 1.81 bits per heavy atom. The highest BCUT2D eigenvalue weighted by Crippen LogP contribution is 2.50. The standard InChI is InChI=1S/C20H22O5S/c1-23-16-9-11-5-7-14(21)13-10-15(22)17(26-4)8-6-12(13)18(11)20(25-3)19(16)24-2/h6,8-10,14,21H,5,7H2,1-4H3. The molecule has 2 aromatic rings. The molecule has 0 saturated carbocycles. The van der Waals surface area contributed by atoms with Crippen LogP contribution in [-0.2, 0) is 6.42 Å². The van der Waals surface area contributed by atoms with Crippen molar-refractivity contribution in [1.29, 1.82) is 0 Å². The molecule has 0 bridgehead atoms. The van der Waals surface area contributed by atoms with Crippen molar-refractivity contribution in [3.63, 3.8) is 0 Å². The third-order valence-electron chi connectivity index (χ3n) is 4.69. The quantitative estimate of drug-likeness (QED) is 0.827. The van der Waals surface area contributed by atoms with Crippen molar-refractivity contribution in [3.05, 3.63) is 45.6 Å². The summed E-state index contributed by atoms with van der Waals surface area (Å²) in [7, 11) is 4.72. The van der Waals surface area contributed by atoms with E-state index in [4.69, 9.17) is 14.2 Å². The van der Waals surface area contributed by atoms with Gasteiger partial charge in [-0.2, -0.15) is 0 Å². The van der Waals surface area contributed by atoms with Crippen molar-refractivity contribution in [2.75, 3.05) is 27.6 Å². The maximum atomic E-state index is 12.5. The Hall–Kier alpha value is -2.18. The molecule has 0 aliphatic heterocycles. The van der Waals surface area contributed by atoms with E-state index in [1.165, 1.54) is 17.8 Å². The molecule has 1 atom stereocenters. The summed E-state index contributed by atoms with van der Waals surface area (Å²) in [5.74, 6) is 1.62. The van der Waals surface area contributed by atoms with Crippen molar-refractivity contribution < 1.29 is 19.3 Å². The molecule has 1 unspecified atom stereocenters. The highest BCUT2D eigenvalue weighted by atomic mass is 32.2. The number of aryl methyl sites for hydroxylation is 1. The molecule has 0 fully saturated rings. The van der Waals surface area contributed by atoms with Gasteiger partial charge < -0.3 is 19.3 Å². The van der Waals surface area contributed by atoms with Gasteiger partial charge in [-0.15, -0.1) is 11.8 Å². The van der Waals surface area contributed by atoms with Gasteiger partial charge in [0.2, 0.25) is 5.75 Å². The van der Waals surface area contributed by atoms with Gasteiger partial charge in [-0.25, -0.2) is 0 Å². The SMILES string of the molecule is COc1cc2c(c(OC)c1OC)-c1ccc(SC)c(=O)cc1C(O)CC2. The van der Waals surface area contributed by atoms with Gasteiger partial charge in [0.15, 0.2) is 16.9 Å². The molecule has 6 heteroatoms. The fraction of sp³-hybridized carbons (Fsp3) is 0.350. The molecule has 0 saturated heterocycles. The van der Waals surface area contributed by atoms with Gasteiger partial charge in [0.25, 0.3) is 0 Å². The predicted octanol–water partition coefficient (Wildman–Crippen LogP) is 3.44. The van der Waals surface area contributed by atoms with Crippen LogP contribution in [0.5, 0.6) is 17.2 Å². The summed E-state index contributed by atoms with van der Waals surface area (Å²) in [6, 6.07) is 7.13. The van der Waals surface area contributed by atoms with Crippen molar-refractivity contribution in [2.45, 2.75) is 23.8 Å². The van der Waals surface area contributed by atoms with Gasteiger partial charge in [-0.05, 0) is 54.0 Å². The van der Waals surface area contributed by atoms with Gasteiger partial charge >= 0.3 is 0 Å². The minimum Gasteiger partial charge on any atom is -0.493 e. The van der Waals surface area contributed by atoms with E-state index in [0.29, 0.717) is 40.5 Å². The zero-order chi connectivity index (χ0) is 18.8. The fourth-order valence-electron chi connectivity index (χ4n) is 3.45. The van der Waals surface area contributed by atoms with Crippen LogP contribution in [0.3, 0.4) is 0 Å². The first-order valence-corrected chi connectivity index (χ1v) is 9.50. The van der Waals surface area contributed by atoms with Crippen LogP contribution >= 0.6 is 11.8 Å². The summed E-state index contributed by atoms with van der Waals surface area (Å²) < 4.78 is 16.6. The number of benzene rings is 1. The molecule has 138 valence electrons. The second-order valence-electron chi connectivity index (χ2n) is 6.01. The molecule has 5 nitrogen and oxygen atoms in total. The zero-order valence-corrected chi connectivity index (χ0v) is 16.1. The van der Waals surface area contributed by atoms with E-state index < -0.39 is 6.10 Å². The fourth-order valence-corrected chi connectivity index (χ4v) is 3.91. The molecule has 0 heterocycles. The first-order chi connectivity index (χ1) is 12.5. The van der Waals surface area contributed by atoms with Crippen LogP contribution in [0.2, 0.25) is 0 Å². The maximum Gasteiger partial charge on any atom is 0.203 e. The Bertz CT molecular complexity index is 894. The Balaban J connectivity index is 2.43. The Kier molecular flexibility index (Phi) is 5.44. The molecular formula is C20H22O5S. The van der Waals surface area contributed by atoms with Gasteiger partial charge in [-0.1, -0.05) is 6.07 Å². The number of aliphatic hydroxyl groups excluding tert-OH is 1. The second kappa shape index (κ2) is 7.60. The van der Waals surface area contributed by atoms with Crippen molar-refractivity contribution >= 4 is 11.8 Å². The van der Waals surface area contributed by atoms with Crippen molar-refractivity contribution in [1.82, 2.24) is 0 Å². The topological polar surface area (TPSA) is 65.0 Å². The lowest BCUT2D eigenvalue weighted by Crippen LogP contribution is -2.03. The molecular weight excluding hydrogens is 352 g/mol. The van der Waals surface area contributed by atoms with E-state index in [0.717, 1.165) is 16.7 Å². The van der Waals surface area contributed by atoms with Crippen LogP contribution in [0.4, 0.5) is 0 Å². The minimum absolute atomic E-state index is 0.0966. The summed E-state index contributed by atoms with van der Waals surface area (Å²) in [4.78, 5) is 13.1. The summed E-state index contributed by atoms with van der Waals surface area (Å²) in [6.45, 7) is 0. The van der Waals surface area contributed by atoms with Crippen LogP contribution < -0.4 is 19.6 Å². The average Bonchev–Trinajstić information content (AvgIpc) is 2.89. The van der Waals surface area contributed by atoms with Crippen LogP contribution in [0.25, 0.3) is 11.1 Å². The van der Waals surface area contributed by atoms with E-state index in [-0.39, 0.29) is 5.43 Å². The molecule has 1 aliphatic carbocycles. The second-order valence-corrected chi connectivity index (χ2v) is 6.86. The summed E-state index contributed by atoms with van der Waals surface area (Å²) in [5.41, 5.74) is 3.11.